The van der Waals surface area contributed by atoms with Gasteiger partial charge in [0.2, 0.25) is 0 Å². The van der Waals surface area contributed by atoms with Crippen LogP contribution in [0.4, 0.5) is 10.5 Å². The van der Waals surface area contributed by atoms with Crippen LogP contribution in [0, 0.1) is 6.92 Å². The van der Waals surface area contributed by atoms with Crippen molar-refractivity contribution in [2.75, 3.05) is 19.0 Å². The van der Waals surface area contributed by atoms with Gasteiger partial charge in [0.05, 0.1) is 29.7 Å². The molecule has 21 heavy (non-hydrogen) atoms. The number of hydrogen-bond acceptors (Lipinski definition) is 3. The van der Waals surface area contributed by atoms with Crippen LogP contribution in [0.5, 0.6) is 0 Å². The first-order chi connectivity index (χ1) is 10.0. The van der Waals surface area contributed by atoms with Gasteiger partial charge in [0, 0.05) is 13.2 Å². The zero-order valence-corrected chi connectivity index (χ0v) is 12.4. The Hall–Kier alpha value is -2.34. The maximum absolute atomic E-state index is 12.2. The van der Waals surface area contributed by atoms with Crippen LogP contribution in [0.15, 0.2) is 36.5 Å². The van der Waals surface area contributed by atoms with Crippen molar-refractivity contribution in [1.29, 1.82) is 0 Å². The summed E-state index contributed by atoms with van der Waals surface area (Å²) in [6.07, 6.45) is 1.85. The second-order valence-corrected chi connectivity index (χ2v) is 4.99. The topological polar surface area (TPSA) is 70.4 Å². The molecule has 0 fully saturated rings. The second kappa shape index (κ2) is 6.41. The fourth-order valence-corrected chi connectivity index (χ4v) is 1.85. The molecule has 6 heteroatoms. The molecule has 0 aliphatic rings. The van der Waals surface area contributed by atoms with Gasteiger partial charge in [-0.3, -0.25) is 0 Å². The predicted molar refractivity (Wildman–Crippen MR) is 81.6 cm³/mol. The first-order valence-corrected chi connectivity index (χ1v) is 6.79. The number of likely N-dealkylation sites (N-methyl/N-ethyl adjacent to an activating group) is 1. The van der Waals surface area contributed by atoms with Gasteiger partial charge in [-0.15, -0.1) is 0 Å². The normalized spacial score (nSPS) is 12.0. The standard InChI is InChI=1S/C15H20N4O2/c1-11-8-9-19(17-11)14-7-5-4-6-13(14)16-15(21)18(3)12(2)10-20/h4-9,12,20H,10H2,1-3H3,(H,16,21). The molecule has 0 bridgehead atoms. The third-order valence-corrected chi connectivity index (χ3v) is 3.36. The van der Waals surface area contributed by atoms with Crippen molar-refractivity contribution < 1.29 is 9.90 Å². The molecule has 2 aromatic rings. The van der Waals surface area contributed by atoms with Gasteiger partial charge in [-0.2, -0.15) is 5.10 Å². The molecule has 112 valence electrons. The number of aryl methyl sites for hydroxylation is 1. The lowest BCUT2D eigenvalue weighted by molar-refractivity contribution is 0.166. The highest BCUT2D eigenvalue weighted by molar-refractivity contribution is 5.91. The number of anilines is 1. The van der Waals surface area contributed by atoms with Gasteiger partial charge < -0.3 is 15.3 Å². The van der Waals surface area contributed by atoms with Crippen LogP contribution in [-0.2, 0) is 0 Å². The molecule has 0 aliphatic carbocycles. The Morgan fingerprint density at radius 1 is 1.43 bits per heavy atom. The predicted octanol–water partition coefficient (Wildman–Crippen LogP) is 2.03. The van der Waals surface area contributed by atoms with E-state index in [0.717, 1.165) is 11.4 Å². The number of rotatable bonds is 4. The number of carbonyl (C=O) groups excluding carboxylic acids is 1. The van der Waals surface area contributed by atoms with Crippen molar-refractivity contribution in [2.24, 2.45) is 0 Å². The SMILES string of the molecule is Cc1ccn(-c2ccccc2NC(=O)N(C)C(C)CO)n1. The smallest absolute Gasteiger partial charge is 0.321 e. The summed E-state index contributed by atoms with van der Waals surface area (Å²) in [5.74, 6) is 0. The van der Waals surface area contributed by atoms with E-state index in [0.29, 0.717) is 5.69 Å². The number of para-hydroxylation sites is 2. The maximum Gasteiger partial charge on any atom is 0.321 e. The van der Waals surface area contributed by atoms with E-state index >= 15 is 0 Å². The highest BCUT2D eigenvalue weighted by Gasteiger charge is 2.16. The van der Waals surface area contributed by atoms with E-state index < -0.39 is 0 Å². The minimum absolute atomic E-state index is 0.0794. The maximum atomic E-state index is 12.2. The van der Waals surface area contributed by atoms with Crippen molar-refractivity contribution >= 4 is 11.7 Å². The van der Waals surface area contributed by atoms with Crippen molar-refractivity contribution in [3.8, 4) is 5.69 Å². The van der Waals surface area contributed by atoms with E-state index in [1.165, 1.54) is 4.90 Å². The molecule has 1 unspecified atom stereocenters. The van der Waals surface area contributed by atoms with E-state index in [2.05, 4.69) is 10.4 Å². The van der Waals surface area contributed by atoms with Crippen molar-refractivity contribution in [1.82, 2.24) is 14.7 Å². The van der Waals surface area contributed by atoms with E-state index in [9.17, 15) is 4.79 Å². The second-order valence-electron chi connectivity index (χ2n) is 4.99. The van der Waals surface area contributed by atoms with Gasteiger partial charge in [0.15, 0.2) is 0 Å². The molecule has 0 saturated carbocycles. The minimum Gasteiger partial charge on any atom is -0.394 e. The Morgan fingerprint density at radius 2 is 2.14 bits per heavy atom. The highest BCUT2D eigenvalue weighted by Crippen LogP contribution is 2.20. The summed E-state index contributed by atoms with van der Waals surface area (Å²) >= 11 is 0. The zero-order chi connectivity index (χ0) is 15.4. The number of nitrogens with zero attached hydrogens (tertiary/aromatic N) is 3. The van der Waals surface area contributed by atoms with Gasteiger partial charge in [-0.25, -0.2) is 9.48 Å². The number of nitrogens with one attached hydrogen (secondary N) is 1. The molecule has 2 amide bonds. The molecule has 2 N–H and O–H groups in total. The molecule has 6 nitrogen and oxygen atoms in total. The lowest BCUT2D eigenvalue weighted by Gasteiger charge is -2.24. The molecule has 1 atom stereocenters. The van der Waals surface area contributed by atoms with Gasteiger partial charge in [0.25, 0.3) is 0 Å². The Kier molecular flexibility index (Phi) is 4.59. The number of hydrogen-bond donors (Lipinski definition) is 2. The Bertz CT molecular complexity index is 624. The third kappa shape index (κ3) is 3.41. The van der Waals surface area contributed by atoms with Crippen LogP contribution in [-0.4, -0.2) is 45.5 Å². The Labute approximate surface area is 124 Å². The molecule has 1 aromatic heterocycles. The molecule has 0 radical (unpaired) electrons. The highest BCUT2D eigenvalue weighted by atomic mass is 16.3. The van der Waals surface area contributed by atoms with Crippen LogP contribution in [0.2, 0.25) is 0 Å². The van der Waals surface area contributed by atoms with Gasteiger partial charge in [-0.1, -0.05) is 12.1 Å². The summed E-state index contributed by atoms with van der Waals surface area (Å²) < 4.78 is 1.72. The van der Waals surface area contributed by atoms with Gasteiger partial charge in [-0.05, 0) is 32.0 Å². The molecule has 1 heterocycles. The minimum atomic E-state index is -0.270. The summed E-state index contributed by atoms with van der Waals surface area (Å²) in [4.78, 5) is 13.6. The number of aliphatic hydroxyl groups excluding tert-OH is 1. The summed E-state index contributed by atoms with van der Waals surface area (Å²) in [7, 11) is 1.65. The van der Waals surface area contributed by atoms with E-state index in [-0.39, 0.29) is 18.7 Å². The summed E-state index contributed by atoms with van der Waals surface area (Å²) in [5, 5.41) is 16.3. The molecule has 0 aliphatic heterocycles. The number of carbonyl (C=O) groups is 1. The summed E-state index contributed by atoms with van der Waals surface area (Å²) in [6, 6.07) is 8.84. The van der Waals surface area contributed by atoms with Crippen molar-refractivity contribution in [3.63, 3.8) is 0 Å². The van der Waals surface area contributed by atoms with E-state index in [4.69, 9.17) is 5.11 Å². The quantitative estimate of drug-likeness (QED) is 0.904. The Balaban J connectivity index is 2.23. The van der Waals surface area contributed by atoms with Crippen LogP contribution in [0.1, 0.15) is 12.6 Å². The number of aliphatic hydroxyl groups is 1. The molecular weight excluding hydrogens is 268 g/mol. The first kappa shape index (κ1) is 15.1. The zero-order valence-electron chi connectivity index (χ0n) is 12.4. The number of benzene rings is 1. The van der Waals surface area contributed by atoms with Gasteiger partial charge >= 0.3 is 6.03 Å². The van der Waals surface area contributed by atoms with Crippen LogP contribution in [0.25, 0.3) is 5.69 Å². The number of aromatic nitrogens is 2. The number of amides is 2. The average Bonchev–Trinajstić information content (AvgIpc) is 2.92. The van der Waals surface area contributed by atoms with Crippen molar-refractivity contribution in [3.05, 3.63) is 42.2 Å². The average molecular weight is 288 g/mol. The molecule has 0 saturated heterocycles. The van der Waals surface area contributed by atoms with Crippen LogP contribution in [0.3, 0.4) is 0 Å². The van der Waals surface area contributed by atoms with Gasteiger partial charge in [0.1, 0.15) is 0 Å². The lowest BCUT2D eigenvalue weighted by atomic mass is 10.2. The van der Waals surface area contributed by atoms with Crippen molar-refractivity contribution in [2.45, 2.75) is 19.9 Å². The fourth-order valence-electron chi connectivity index (χ4n) is 1.85. The fraction of sp³-hybridized carbons (Fsp3) is 0.333. The molecule has 1 aromatic carbocycles. The lowest BCUT2D eigenvalue weighted by Crippen LogP contribution is -2.40. The third-order valence-electron chi connectivity index (χ3n) is 3.36. The van der Waals surface area contributed by atoms with E-state index in [1.807, 2.05) is 43.5 Å². The monoisotopic (exact) mass is 288 g/mol. The largest absolute Gasteiger partial charge is 0.394 e. The number of urea groups is 1. The first-order valence-electron chi connectivity index (χ1n) is 6.79. The summed E-state index contributed by atoms with van der Waals surface area (Å²) in [5.41, 5.74) is 2.37. The Morgan fingerprint density at radius 3 is 2.76 bits per heavy atom. The summed E-state index contributed by atoms with van der Waals surface area (Å²) in [6.45, 7) is 3.61. The molecular formula is C15H20N4O2. The van der Waals surface area contributed by atoms with E-state index in [1.54, 1.807) is 18.7 Å². The van der Waals surface area contributed by atoms with Crippen LogP contribution >= 0.6 is 0 Å². The van der Waals surface area contributed by atoms with Crippen LogP contribution < -0.4 is 5.32 Å². The molecule has 0 spiro atoms. The molecule has 2 rings (SSSR count).